The summed E-state index contributed by atoms with van der Waals surface area (Å²) in [6.45, 7) is 9.47. The standard InChI is InChI=1S/C24H26Si.2ClH.Ti/c1-5-25(6-2,23-17(3)15-19-11-7-9-13-21(19)23)24-18(4)16-20-12-8-10-14-22(20)24;;;/h7-16H,5-6H2,1-4H3;2*1H;/q-2;;;+4/p-2. The molecule has 0 saturated carbocycles. The van der Waals surface area contributed by atoms with E-state index in [1.807, 2.05) is 0 Å². The molecule has 4 aromatic rings. The molecule has 0 nitrogen and oxygen atoms in total. The van der Waals surface area contributed by atoms with Gasteiger partial charge in [0.25, 0.3) is 0 Å². The van der Waals surface area contributed by atoms with Gasteiger partial charge in [-0.15, -0.1) is 81.2 Å². The Kier molecular flexibility index (Phi) is 8.81. The second-order valence-corrected chi connectivity index (χ2v) is 11.9. The molecule has 0 aromatic heterocycles. The number of hydrogen-bond donors (Lipinski definition) is 0. The van der Waals surface area contributed by atoms with Crippen molar-refractivity contribution in [1.29, 1.82) is 0 Å². The van der Waals surface area contributed by atoms with E-state index in [-0.39, 0.29) is 46.5 Å². The first-order valence-electron chi connectivity index (χ1n) is 9.43. The van der Waals surface area contributed by atoms with Crippen LogP contribution in [-0.4, -0.2) is 8.07 Å². The van der Waals surface area contributed by atoms with Crippen LogP contribution in [0.25, 0.3) is 21.5 Å². The van der Waals surface area contributed by atoms with Gasteiger partial charge < -0.3 is 24.8 Å². The Labute approximate surface area is 197 Å². The van der Waals surface area contributed by atoms with E-state index in [9.17, 15) is 0 Å². The largest absolute Gasteiger partial charge is 4.00 e. The zero-order valence-corrected chi connectivity index (χ0v) is 21.0. The second-order valence-electron chi connectivity index (χ2n) is 7.37. The topological polar surface area (TPSA) is 0 Å². The van der Waals surface area contributed by atoms with Gasteiger partial charge in [0.2, 0.25) is 0 Å². The molecular weight excluding hydrogens is 435 g/mol. The molecule has 4 rings (SSSR count). The van der Waals surface area contributed by atoms with Gasteiger partial charge in [-0.1, -0.05) is 51.9 Å². The van der Waals surface area contributed by atoms with Crippen molar-refractivity contribution >= 4 is 40.0 Å². The van der Waals surface area contributed by atoms with Gasteiger partial charge in [-0.25, -0.2) is 0 Å². The van der Waals surface area contributed by atoms with Crippen LogP contribution >= 0.6 is 0 Å². The van der Waals surface area contributed by atoms with E-state index in [1.54, 1.807) is 10.4 Å². The van der Waals surface area contributed by atoms with Gasteiger partial charge in [0.15, 0.2) is 0 Å². The molecule has 0 aliphatic rings. The number of hydrogen-bond acceptors (Lipinski definition) is 0. The monoisotopic (exact) mass is 460 g/mol. The number of fused-ring (bicyclic) bond motifs is 2. The minimum absolute atomic E-state index is 0. The quantitative estimate of drug-likeness (QED) is 0.288. The Morgan fingerprint density at radius 1 is 0.679 bits per heavy atom. The van der Waals surface area contributed by atoms with Crippen molar-refractivity contribution < 1.29 is 46.5 Å². The first-order valence-corrected chi connectivity index (χ1v) is 11.8. The van der Waals surface area contributed by atoms with Crippen LogP contribution < -0.4 is 35.2 Å². The third-order valence-corrected chi connectivity index (χ3v) is 11.8. The molecule has 0 heterocycles. The van der Waals surface area contributed by atoms with E-state index in [0.29, 0.717) is 0 Å². The molecule has 4 heteroatoms. The van der Waals surface area contributed by atoms with Crippen molar-refractivity contribution in [2.75, 3.05) is 0 Å². The van der Waals surface area contributed by atoms with E-state index in [4.69, 9.17) is 0 Å². The maximum absolute atomic E-state index is 2.41. The molecule has 0 amide bonds. The van der Waals surface area contributed by atoms with Crippen molar-refractivity contribution in [1.82, 2.24) is 0 Å². The molecule has 0 bridgehead atoms. The van der Waals surface area contributed by atoms with Gasteiger partial charge in [0.05, 0.1) is 0 Å². The number of rotatable bonds is 4. The molecule has 0 N–H and O–H groups in total. The summed E-state index contributed by atoms with van der Waals surface area (Å²) in [5.74, 6) is 0. The third kappa shape index (κ3) is 3.69. The van der Waals surface area contributed by atoms with Crippen LogP contribution in [-0.2, 0) is 21.7 Å². The van der Waals surface area contributed by atoms with Crippen LogP contribution in [0.4, 0.5) is 0 Å². The molecule has 0 atom stereocenters. The Morgan fingerprint density at radius 3 is 1.39 bits per heavy atom. The van der Waals surface area contributed by atoms with E-state index in [2.05, 4.69) is 88.4 Å². The zero-order valence-electron chi connectivity index (χ0n) is 16.9. The van der Waals surface area contributed by atoms with E-state index < -0.39 is 8.07 Å². The summed E-state index contributed by atoms with van der Waals surface area (Å²) in [6, 6.07) is 25.3. The van der Waals surface area contributed by atoms with Gasteiger partial charge in [0.1, 0.15) is 0 Å². The third-order valence-electron chi connectivity index (χ3n) is 6.16. The second kappa shape index (κ2) is 9.78. The Hall–Kier alpha value is -0.829. The van der Waals surface area contributed by atoms with Crippen molar-refractivity contribution in [3.05, 3.63) is 71.8 Å². The summed E-state index contributed by atoms with van der Waals surface area (Å²) in [6.07, 6.45) is 0. The Bertz CT molecular complexity index is 975. The summed E-state index contributed by atoms with van der Waals surface area (Å²) < 4.78 is 0. The summed E-state index contributed by atoms with van der Waals surface area (Å²) in [4.78, 5) is 0. The molecule has 0 unspecified atom stereocenters. The molecule has 4 aromatic carbocycles. The molecule has 0 fully saturated rings. The van der Waals surface area contributed by atoms with Crippen molar-refractivity contribution in [3.8, 4) is 0 Å². The predicted molar refractivity (Wildman–Crippen MR) is 115 cm³/mol. The fourth-order valence-corrected chi connectivity index (χ4v) is 10.4. The smallest absolute Gasteiger partial charge is 1.00 e. The van der Waals surface area contributed by atoms with Crippen molar-refractivity contribution in [3.63, 3.8) is 0 Å². The first-order chi connectivity index (χ1) is 12.1. The molecule has 0 aliphatic heterocycles. The molecule has 144 valence electrons. The minimum atomic E-state index is -1.81. The van der Waals surface area contributed by atoms with Crippen LogP contribution in [0.1, 0.15) is 25.0 Å². The average Bonchev–Trinajstić information content (AvgIpc) is 3.14. The van der Waals surface area contributed by atoms with Crippen LogP contribution in [0.2, 0.25) is 12.1 Å². The Balaban J connectivity index is 0.00000131. The van der Waals surface area contributed by atoms with Crippen LogP contribution in [0, 0.1) is 13.8 Å². The summed E-state index contributed by atoms with van der Waals surface area (Å²) in [5, 5.41) is 9.13. The molecule has 0 saturated heterocycles. The molecule has 0 spiro atoms. The minimum Gasteiger partial charge on any atom is -1.00 e. The molecule has 0 aliphatic carbocycles. The van der Waals surface area contributed by atoms with Gasteiger partial charge in [0, 0.05) is 8.07 Å². The van der Waals surface area contributed by atoms with Gasteiger partial charge in [-0.2, -0.15) is 10.4 Å². The number of halogens is 2. The normalized spacial score (nSPS) is 11.0. The average molecular weight is 461 g/mol. The van der Waals surface area contributed by atoms with E-state index >= 15 is 0 Å². The van der Waals surface area contributed by atoms with Gasteiger partial charge in [-0.05, 0) is 0 Å². The maximum atomic E-state index is 2.41. The van der Waals surface area contributed by atoms with E-state index in [1.165, 1.54) is 44.8 Å². The summed E-state index contributed by atoms with van der Waals surface area (Å²) in [7, 11) is -1.81. The van der Waals surface area contributed by atoms with E-state index in [0.717, 1.165) is 0 Å². The van der Waals surface area contributed by atoms with Gasteiger partial charge >= 0.3 is 21.7 Å². The first kappa shape index (κ1) is 25.2. The fraction of sp³-hybridized carbons (Fsp3) is 0.250. The van der Waals surface area contributed by atoms with Crippen LogP contribution in [0.5, 0.6) is 0 Å². The van der Waals surface area contributed by atoms with Gasteiger partial charge in [-0.3, -0.25) is 0 Å². The van der Waals surface area contributed by atoms with Crippen LogP contribution in [0.15, 0.2) is 60.7 Å². The Morgan fingerprint density at radius 2 is 1.04 bits per heavy atom. The molecule has 0 radical (unpaired) electrons. The number of aryl methyl sites for hydroxylation is 2. The van der Waals surface area contributed by atoms with Crippen molar-refractivity contribution in [2.45, 2.75) is 39.8 Å². The number of benzene rings is 2. The summed E-state index contributed by atoms with van der Waals surface area (Å²) in [5.41, 5.74) is 2.97. The molecule has 28 heavy (non-hydrogen) atoms. The molecular formula is C24H26Cl2SiTi. The zero-order chi connectivity index (χ0) is 17.6. The predicted octanol–water partition coefficient (Wildman–Crippen LogP) is -0.344. The fourth-order valence-electron chi connectivity index (χ4n) is 5.09. The SMILES string of the molecule is CC[Si](CC)(c1c(C)[cH-]c2ccccc12)c1c(C)[cH-]c2ccccc12.[Cl-].[Cl-].[Ti+4]. The maximum Gasteiger partial charge on any atom is 4.00 e. The van der Waals surface area contributed by atoms with Crippen molar-refractivity contribution in [2.24, 2.45) is 0 Å². The van der Waals surface area contributed by atoms with Crippen LogP contribution in [0.3, 0.4) is 0 Å². The summed E-state index contributed by atoms with van der Waals surface area (Å²) >= 11 is 0.